The van der Waals surface area contributed by atoms with Crippen molar-refractivity contribution in [3.05, 3.63) is 42.0 Å². The van der Waals surface area contributed by atoms with Crippen LogP contribution >= 0.6 is 0 Å². The molecule has 0 aliphatic heterocycles. The van der Waals surface area contributed by atoms with Crippen LogP contribution < -0.4 is 10.1 Å². The van der Waals surface area contributed by atoms with Crippen LogP contribution in [0.25, 0.3) is 5.65 Å². The summed E-state index contributed by atoms with van der Waals surface area (Å²) >= 11 is 0. The molecule has 2 aromatic heterocycles. The van der Waals surface area contributed by atoms with Crippen molar-refractivity contribution in [2.75, 3.05) is 12.4 Å². The molecule has 3 rings (SSSR count). The summed E-state index contributed by atoms with van der Waals surface area (Å²) in [5.41, 5.74) is 1.84. The summed E-state index contributed by atoms with van der Waals surface area (Å²) < 4.78 is 6.65. The number of unbranched alkanes of at least 4 members (excludes halogenated alkanes) is 1. The molecule has 2 heterocycles. The van der Waals surface area contributed by atoms with E-state index in [1.54, 1.807) is 7.11 Å². The van der Waals surface area contributed by atoms with E-state index in [0.717, 1.165) is 30.8 Å². The first kappa shape index (κ1) is 15.2. The molecule has 1 atom stereocenters. The van der Waals surface area contributed by atoms with Crippen LogP contribution in [0.5, 0.6) is 5.75 Å². The molecule has 0 saturated heterocycles. The van der Waals surface area contributed by atoms with E-state index in [1.807, 2.05) is 24.3 Å². The molecular weight excluding hydrogens is 292 g/mol. The largest absolute Gasteiger partial charge is 0.497 e. The zero-order chi connectivity index (χ0) is 16.1. The van der Waals surface area contributed by atoms with Crippen LogP contribution in [-0.2, 0) is 0 Å². The molecule has 7 nitrogen and oxygen atoms in total. The molecule has 120 valence electrons. The van der Waals surface area contributed by atoms with Crippen LogP contribution in [0.1, 0.15) is 37.8 Å². The number of aromatic nitrogens is 5. The average Bonchev–Trinajstić information content (AvgIpc) is 3.06. The Bertz CT molecular complexity index is 755. The van der Waals surface area contributed by atoms with Gasteiger partial charge in [-0.2, -0.15) is 0 Å². The van der Waals surface area contributed by atoms with Gasteiger partial charge in [0.15, 0.2) is 5.65 Å². The van der Waals surface area contributed by atoms with E-state index in [-0.39, 0.29) is 6.04 Å². The Labute approximate surface area is 134 Å². The first-order valence-corrected chi connectivity index (χ1v) is 7.76. The average molecular weight is 312 g/mol. The highest BCUT2D eigenvalue weighted by atomic mass is 16.5. The van der Waals surface area contributed by atoms with Crippen molar-refractivity contribution in [1.29, 1.82) is 0 Å². The SMILES string of the molecule is CCCC[C@@H](Nc1ccc2nnnn2n1)c1ccc(OC)cc1. The fraction of sp³-hybridized carbons (Fsp3) is 0.375. The van der Waals surface area contributed by atoms with Crippen LogP contribution in [0.3, 0.4) is 0 Å². The summed E-state index contributed by atoms with van der Waals surface area (Å²) in [4.78, 5) is 0. The quantitative estimate of drug-likeness (QED) is 0.723. The summed E-state index contributed by atoms with van der Waals surface area (Å²) in [5, 5.41) is 19.2. The van der Waals surface area contributed by atoms with Crippen molar-refractivity contribution in [2.45, 2.75) is 32.2 Å². The maximum Gasteiger partial charge on any atom is 0.200 e. The van der Waals surface area contributed by atoms with Gasteiger partial charge in [0.25, 0.3) is 0 Å². The molecule has 1 N–H and O–H groups in total. The van der Waals surface area contributed by atoms with Crippen LogP contribution in [-0.4, -0.2) is 32.4 Å². The van der Waals surface area contributed by atoms with Crippen molar-refractivity contribution >= 4 is 11.5 Å². The number of anilines is 1. The Morgan fingerprint density at radius 3 is 2.74 bits per heavy atom. The second kappa shape index (κ2) is 7.04. The number of nitrogens with zero attached hydrogens (tertiary/aromatic N) is 5. The summed E-state index contributed by atoms with van der Waals surface area (Å²) in [6, 6.07) is 12.1. The lowest BCUT2D eigenvalue weighted by molar-refractivity contribution is 0.414. The number of methoxy groups -OCH3 is 1. The maximum absolute atomic E-state index is 5.23. The first-order chi connectivity index (χ1) is 11.3. The van der Waals surface area contributed by atoms with E-state index in [9.17, 15) is 0 Å². The van der Waals surface area contributed by atoms with Gasteiger partial charge in [0.1, 0.15) is 11.6 Å². The van der Waals surface area contributed by atoms with E-state index in [4.69, 9.17) is 4.74 Å². The van der Waals surface area contributed by atoms with E-state index < -0.39 is 0 Å². The van der Waals surface area contributed by atoms with E-state index in [1.165, 1.54) is 10.2 Å². The second-order valence-corrected chi connectivity index (χ2v) is 5.36. The van der Waals surface area contributed by atoms with Crippen LogP contribution in [0.15, 0.2) is 36.4 Å². The van der Waals surface area contributed by atoms with Gasteiger partial charge < -0.3 is 10.1 Å². The van der Waals surface area contributed by atoms with Crippen molar-refractivity contribution < 1.29 is 4.74 Å². The van der Waals surface area contributed by atoms with Crippen LogP contribution in [0.2, 0.25) is 0 Å². The predicted molar refractivity (Wildman–Crippen MR) is 87.5 cm³/mol. The lowest BCUT2D eigenvalue weighted by atomic mass is 10.0. The molecule has 0 radical (unpaired) electrons. The Balaban J connectivity index is 1.82. The Morgan fingerprint density at radius 1 is 1.17 bits per heavy atom. The molecule has 0 unspecified atom stereocenters. The fourth-order valence-electron chi connectivity index (χ4n) is 2.47. The van der Waals surface area contributed by atoms with Gasteiger partial charge in [-0.15, -0.1) is 14.8 Å². The van der Waals surface area contributed by atoms with Gasteiger partial charge >= 0.3 is 0 Å². The minimum Gasteiger partial charge on any atom is -0.497 e. The predicted octanol–water partition coefficient (Wildman–Crippen LogP) is 2.87. The molecule has 0 aliphatic rings. The summed E-state index contributed by atoms with van der Waals surface area (Å²) in [7, 11) is 1.67. The standard InChI is InChI=1S/C16H20N6O/c1-3-4-5-14(12-6-8-13(23-2)9-7-12)17-15-10-11-16-18-20-21-22(16)19-15/h6-11,14H,3-5H2,1-2H3,(H,17,19)/t14-/m1/s1. The molecule has 3 aromatic rings. The topological polar surface area (TPSA) is 77.2 Å². The Hall–Kier alpha value is -2.70. The fourth-order valence-corrected chi connectivity index (χ4v) is 2.47. The smallest absolute Gasteiger partial charge is 0.200 e. The number of hydrogen-bond donors (Lipinski definition) is 1. The highest BCUT2D eigenvalue weighted by Gasteiger charge is 2.12. The lowest BCUT2D eigenvalue weighted by Crippen LogP contribution is -2.13. The number of hydrogen-bond acceptors (Lipinski definition) is 6. The number of fused-ring (bicyclic) bond motifs is 1. The van der Waals surface area contributed by atoms with E-state index >= 15 is 0 Å². The van der Waals surface area contributed by atoms with Gasteiger partial charge in [-0.25, -0.2) is 0 Å². The van der Waals surface area contributed by atoms with Crippen LogP contribution in [0.4, 0.5) is 5.82 Å². The van der Waals surface area contributed by atoms with Gasteiger partial charge in [-0.3, -0.25) is 0 Å². The minimum absolute atomic E-state index is 0.183. The third-order valence-corrected chi connectivity index (χ3v) is 3.76. The molecule has 7 heteroatoms. The van der Waals surface area contributed by atoms with Crippen molar-refractivity contribution in [3.8, 4) is 5.75 Å². The monoisotopic (exact) mass is 312 g/mol. The van der Waals surface area contributed by atoms with Gasteiger partial charge in [0.2, 0.25) is 0 Å². The third kappa shape index (κ3) is 3.56. The zero-order valence-electron chi connectivity index (χ0n) is 13.3. The normalized spacial score (nSPS) is 12.3. The minimum atomic E-state index is 0.183. The lowest BCUT2D eigenvalue weighted by Gasteiger charge is -2.19. The molecule has 1 aromatic carbocycles. The summed E-state index contributed by atoms with van der Waals surface area (Å²) in [6.07, 6.45) is 3.31. The molecule has 0 aliphatic carbocycles. The van der Waals surface area contributed by atoms with Gasteiger partial charge in [0.05, 0.1) is 13.2 Å². The first-order valence-electron chi connectivity index (χ1n) is 7.76. The zero-order valence-corrected chi connectivity index (χ0v) is 13.3. The highest BCUT2D eigenvalue weighted by molar-refractivity contribution is 5.44. The van der Waals surface area contributed by atoms with E-state index in [2.05, 4.69) is 45.0 Å². The van der Waals surface area contributed by atoms with Crippen molar-refractivity contribution in [1.82, 2.24) is 25.3 Å². The number of ether oxygens (including phenoxy) is 1. The number of tetrazole rings is 1. The second-order valence-electron chi connectivity index (χ2n) is 5.36. The number of benzene rings is 1. The molecule has 0 spiro atoms. The van der Waals surface area contributed by atoms with Gasteiger partial charge in [-0.05, 0) is 46.7 Å². The highest BCUT2D eigenvalue weighted by Crippen LogP contribution is 2.25. The third-order valence-electron chi connectivity index (χ3n) is 3.76. The van der Waals surface area contributed by atoms with Crippen LogP contribution in [0, 0.1) is 0 Å². The molecule has 0 amide bonds. The summed E-state index contributed by atoms with van der Waals surface area (Å²) in [6.45, 7) is 2.19. The van der Waals surface area contributed by atoms with Gasteiger partial charge in [0, 0.05) is 0 Å². The number of rotatable bonds is 7. The molecular formula is C16H20N6O. The number of nitrogens with one attached hydrogen (secondary N) is 1. The molecule has 0 saturated carbocycles. The Kier molecular flexibility index (Phi) is 4.65. The van der Waals surface area contributed by atoms with Gasteiger partial charge in [-0.1, -0.05) is 31.9 Å². The molecule has 23 heavy (non-hydrogen) atoms. The maximum atomic E-state index is 5.23. The summed E-state index contributed by atoms with van der Waals surface area (Å²) in [5.74, 6) is 1.61. The van der Waals surface area contributed by atoms with Crippen molar-refractivity contribution in [2.24, 2.45) is 0 Å². The molecule has 0 bridgehead atoms. The van der Waals surface area contributed by atoms with E-state index in [0.29, 0.717) is 5.65 Å². The molecule has 0 fully saturated rings. The van der Waals surface area contributed by atoms with Crippen molar-refractivity contribution in [3.63, 3.8) is 0 Å². The Morgan fingerprint density at radius 2 is 2.00 bits per heavy atom.